The molecule has 3 nitrogen and oxygen atoms in total. The second kappa shape index (κ2) is 5.35. The summed E-state index contributed by atoms with van der Waals surface area (Å²) in [6.45, 7) is 2.93. The summed E-state index contributed by atoms with van der Waals surface area (Å²) in [6.07, 6.45) is 11.5. The van der Waals surface area contributed by atoms with Crippen LogP contribution >= 0.6 is 0 Å². The van der Waals surface area contributed by atoms with Crippen LogP contribution in [0.2, 0.25) is 0 Å². The molecule has 0 fully saturated rings. The van der Waals surface area contributed by atoms with Crippen molar-refractivity contribution in [3.8, 4) is 0 Å². The highest BCUT2D eigenvalue weighted by atomic mass is 16.5. The van der Waals surface area contributed by atoms with E-state index in [1.54, 1.807) is 6.26 Å². The summed E-state index contributed by atoms with van der Waals surface area (Å²) in [5.74, 6) is 0. The molecule has 2 rings (SSSR count). The smallest absolute Gasteiger partial charge is 0.0873 e. The van der Waals surface area contributed by atoms with Gasteiger partial charge in [-0.15, -0.1) is 0 Å². The fourth-order valence-electron chi connectivity index (χ4n) is 1.55. The summed E-state index contributed by atoms with van der Waals surface area (Å²) in [6, 6.07) is 2.04. The first-order chi connectivity index (χ1) is 7.92. The monoisotopic (exact) mass is 216 g/mol. The minimum Gasteiger partial charge on any atom is -0.501 e. The predicted octanol–water partition coefficient (Wildman–Crippen LogP) is 3.35. The molecule has 0 radical (unpaired) electrons. The van der Waals surface area contributed by atoms with Crippen LogP contribution < -0.4 is 0 Å². The van der Waals surface area contributed by atoms with Gasteiger partial charge in [0.05, 0.1) is 24.6 Å². The standard InChI is InChI=1S/C13H16N2O/c1-2-3-7-16-8-5-11-9-14-10-13-12(11)4-6-15-13/h4-6,8-10,15H,2-3,7H2,1H3. The van der Waals surface area contributed by atoms with E-state index in [1.165, 1.54) is 5.39 Å². The number of ether oxygens (including phenoxy) is 1. The molecule has 0 amide bonds. The average molecular weight is 216 g/mol. The first-order valence-electron chi connectivity index (χ1n) is 5.61. The molecule has 3 heteroatoms. The number of pyridine rings is 1. The third-order valence-corrected chi connectivity index (χ3v) is 2.47. The maximum absolute atomic E-state index is 5.38. The first-order valence-corrected chi connectivity index (χ1v) is 5.61. The summed E-state index contributed by atoms with van der Waals surface area (Å²) >= 11 is 0. The third-order valence-electron chi connectivity index (χ3n) is 2.47. The molecule has 1 N–H and O–H groups in total. The molecule has 0 atom stereocenters. The molecule has 0 spiro atoms. The molecule has 2 aromatic heterocycles. The van der Waals surface area contributed by atoms with E-state index >= 15 is 0 Å². The van der Waals surface area contributed by atoms with Crippen molar-refractivity contribution < 1.29 is 4.74 Å². The molecule has 0 saturated carbocycles. The average Bonchev–Trinajstić information content (AvgIpc) is 2.77. The van der Waals surface area contributed by atoms with Crippen molar-refractivity contribution in [3.05, 3.63) is 36.5 Å². The summed E-state index contributed by atoms with van der Waals surface area (Å²) in [5.41, 5.74) is 2.13. The van der Waals surface area contributed by atoms with Crippen LogP contribution in [0.3, 0.4) is 0 Å². The molecule has 0 aliphatic carbocycles. The molecule has 0 saturated heterocycles. The summed E-state index contributed by atoms with van der Waals surface area (Å²) < 4.78 is 5.38. The number of aromatic amines is 1. The lowest BCUT2D eigenvalue weighted by Crippen LogP contribution is -1.85. The highest BCUT2D eigenvalue weighted by Crippen LogP contribution is 2.16. The predicted molar refractivity (Wildman–Crippen MR) is 66.0 cm³/mol. The van der Waals surface area contributed by atoms with Crippen LogP contribution in [-0.2, 0) is 4.74 Å². The van der Waals surface area contributed by atoms with Gasteiger partial charge in [0, 0.05) is 23.3 Å². The van der Waals surface area contributed by atoms with E-state index in [0.717, 1.165) is 30.5 Å². The topological polar surface area (TPSA) is 37.9 Å². The van der Waals surface area contributed by atoms with Crippen molar-refractivity contribution in [2.75, 3.05) is 6.61 Å². The van der Waals surface area contributed by atoms with Crippen LogP contribution in [0.1, 0.15) is 25.3 Å². The van der Waals surface area contributed by atoms with E-state index in [4.69, 9.17) is 4.74 Å². The van der Waals surface area contributed by atoms with E-state index < -0.39 is 0 Å². The van der Waals surface area contributed by atoms with Gasteiger partial charge >= 0.3 is 0 Å². The Kier molecular flexibility index (Phi) is 3.59. The van der Waals surface area contributed by atoms with E-state index in [-0.39, 0.29) is 0 Å². The van der Waals surface area contributed by atoms with Gasteiger partial charge in [0.15, 0.2) is 0 Å². The van der Waals surface area contributed by atoms with Crippen molar-refractivity contribution in [2.24, 2.45) is 0 Å². The zero-order valence-electron chi connectivity index (χ0n) is 9.44. The van der Waals surface area contributed by atoms with Crippen molar-refractivity contribution in [1.82, 2.24) is 9.97 Å². The van der Waals surface area contributed by atoms with Crippen LogP contribution in [0.5, 0.6) is 0 Å². The van der Waals surface area contributed by atoms with Crippen LogP contribution in [-0.4, -0.2) is 16.6 Å². The van der Waals surface area contributed by atoms with E-state index in [2.05, 4.69) is 16.9 Å². The maximum atomic E-state index is 5.38. The number of unbranched alkanes of at least 4 members (excludes halogenated alkanes) is 1. The minimum absolute atomic E-state index is 0.781. The fraction of sp³-hybridized carbons (Fsp3) is 0.308. The van der Waals surface area contributed by atoms with Crippen molar-refractivity contribution >= 4 is 17.0 Å². The number of hydrogen-bond donors (Lipinski definition) is 1. The molecular weight excluding hydrogens is 200 g/mol. The van der Waals surface area contributed by atoms with Crippen molar-refractivity contribution in [1.29, 1.82) is 0 Å². The Bertz CT molecular complexity index is 473. The molecule has 84 valence electrons. The Morgan fingerprint density at radius 1 is 1.44 bits per heavy atom. The SMILES string of the molecule is CCCCOC=Cc1cncc2[nH]ccc12. The number of rotatable bonds is 5. The molecule has 0 aliphatic rings. The van der Waals surface area contributed by atoms with Gasteiger partial charge in [-0.1, -0.05) is 13.3 Å². The van der Waals surface area contributed by atoms with Crippen molar-refractivity contribution in [2.45, 2.75) is 19.8 Å². The van der Waals surface area contributed by atoms with E-state index in [1.807, 2.05) is 30.7 Å². The number of aromatic nitrogens is 2. The zero-order valence-corrected chi connectivity index (χ0v) is 9.44. The Labute approximate surface area is 95.2 Å². The second-order valence-corrected chi connectivity index (χ2v) is 3.69. The van der Waals surface area contributed by atoms with Gasteiger partial charge in [0.2, 0.25) is 0 Å². The van der Waals surface area contributed by atoms with Crippen LogP contribution in [0.25, 0.3) is 17.0 Å². The summed E-state index contributed by atoms with van der Waals surface area (Å²) in [5, 5.41) is 1.17. The third kappa shape index (κ3) is 2.42. The molecule has 2 aromatic rings. The molecule has 16 heavy (non-hydrogen) atoms. The van der Waals surface area contributed by atoms with Gasteiger partial charge in [-0.05, 0) is 18.6 Å². The van der Waals surface area contributed by atoms with Crippen LogP contribution in [0.4, 0.5) is 0 Å². The lowest BCUT2D eigenvalue weighted by Gasteiger charge is -1.98. The molecule has 0 bridgehead atoms. The maximum Gasteiger partial charge on any atom is 0.0873 e. The number of hydrogen-bond acceptors (Lipinski definition) is 2. The van der Waals surface area contributed by atoms with Crippen LogP contribution in [0.15, 0.2) is 30.9 Å². The summed E-state index contributed by atoms with van der Waals surface area (Å²) in [4.78, 5) is 7.30. The van der Waals surface area contributed by atoms with E-state index in [0.29, 0.717) is 0 Å². The molecular formula is C13H16N2O. The number of fused-ring (bicyclic) bond motifs is 1. The Morgan fingerprint density at radius 3 is 3.25 bits per heavy atom. The number of H-pyrrole nitrogens is 1. The van der Waals surface area contributed by atoms with Crippen molar-refractivity contribution in [3.63, 3.8) is 0 Å². The van der Waals surface area contributed by atoms with Gasteiger partial charge in [0.25, 0.3) is 0 Å². The van der Waals surface area contributed by atoms with Gasteiger partial charge in [-0.25, -0.2) is 0 Å². The van der Waals surface area contributed by atoms with Gasteiger partial charge in [-0.2, -0.15) is 0 Å². The van der Waals surface area contributed by atoms with Gasteiger partial charge < -0.3 is 9.72 Å². The Hall–Kier alpha value is -1.77. The quantitative estimate of drug-likeness (QED) is 0.614. The Morgan fingerprint density at radius 2 is 2.38 bits per heavy atom. The minimum atomic E-state index is 0.781. The highest BCUT2D eigenvalue weighted by Gasteiger charge is 1.98. The normalized spacial score (nSPS) is 11.3. The number of nitrogens with one attached hydrogen (secondary N) is 1. The second-order valence-electron chi connectivity index (χ2n) is 3.69. The lowest BCUT2D eigenvalue weighted by molar-refractivity contribution is 0.246. The summed E-state index contributed by atoms with van der Waals surface area (Å²) in [7, 11) is 0. The molecule has 0 unspecified atom stereocenters. The van der Waals surface area contributed by atoms with Gasteiger partial charge in [0.1, 0.15) is 0 Å². The largest absolute Gasteiger partial charge is 0.501 e. The molecule has 0 aromatic carbocycles. The fourth-order valence-corrected chi connectivity index (χ4v) is 1.55. The highest BCUT2D eigenvalue weighted by molar-refractivity contribution is 5.87. The zero-order chi connectivity index (χ0) is 11.2. The molecule has 2 heterocycles. The van der Waals surface area contributed by atoms with Gasteiger partial charge in [-0.3, -0.25) is 4.98 Å². The van der Waals surface area contributed by atoms with E-state index in [9.17, 15) is 0 Å². The molecule has 0 aliphatic heterocycles. The Balaban J connectivity index is 2.06. The first kappa shape index (κ1) is 10.7. The number of nitrogens with zero attached hydrogens (tertiary/aromatic N) is 1. The lowest BCUT2D eigenvalue weighted by atomic mass is 10.2. The van der Waals surface area contributed by atoms with Crippen LogP contribution in [0, 0.1) is 0 Å².